The van der Waals surface area contributed by atoms with E-state index in [-0.39, 0.29) is 28.6 Å². The van der Waals surface area contributed by atoms with Gasteiger partial charge in [0.2, 0.25) is 11.8 Å². The molecular formula is C35H37ClFN3O5S. The summed E-state index contributed by atoms with van der Waals surface area (Å²) in [7, 11) is -2.82. The summed E-state index contributed by atoms with van der Waals surface area (Å²) >= 11 is 6.08. The molecule has 0 aromatic heterocycles. The summed E-state index contributed by atoms with van der Waals surface area (Å²) in [4.78, 5) is 29.8. The fourth-order valence-corrected chi connectivity index (χ4v) is 6.46. The fraction of sp³-hybridized carbons (Fsp3) is 0.257. The van der Waals surface area contributed by atoms with Crippen LogP contribution in [0.25, 0.3) is 0 Å². The third-order valence-corrected chi connectivity index (χ3v) is 9.14. The van der Waals surface area contributed by atoms with Gasteiger partial charge in [-0.25, -0.2) is 12.8 Å². The number of methoxy groups -OCH3 is 1. The number of carbonyl (C=O) groups excluding carboxylic acids is 2. The summed E-state index contributed by atoms with van der Waals surface area (Å²) in [5, 5.41) is 2.68. The van der Waals surface area contributed by atoms with Crippen molar-refractivity contribution in [3.63, 3.8) is 0 Å². The summed E-state index contributed by atoms with van der Waals surface area (Å²) in [5.74, 6) is -1.25. The number of hydrogen-bond donors (Lipinski definition) is 1. The lowest BCUT2D eigenvalue weighted by Gasteiger charge is -2.35. The number of nitrogens with zero attached hydrogens (tertiary/aromatic N) is 2. The van der Waals surface area contributed by atoms with Gasteiger partial charge in [-0.1, -0.05) is 72.3 Å². The molecule has 1 N–H and O–H groups in total. The molecular weight excluding hydrogens is 629 g/mol. The molecule has 242 valence electrons. The van der Waals surface area contributed by atoms with Crippen LogP contribution in [0, 0.1) is 5.82 Å². The predicted molar refractivity (Wildman–Crippen MR) is 178 cm³/mol. The Kier molecular flexibility index (Phi) is 11.1. The molecule has 0 saturated heterocycles. The van der Waals surface area contributed by atoms with E-state index in [9.17, 15) is 22.4 Å². The smallest absolute Gasteiger partial charge is 0.264 e. The molecule has 0 aliphatic rings. The van der Waals surface area contributed by atoms with E-state index >= 15 is 0 Å². The molecule has 0 unspecified atom stereocenters. The average Bonchev–Trinajstić information content (AvgIpc) is 3.03. The van der Waals surface area contributed by atoms with Gasteiger partial charge in [0, 0.05) is 18.5 Å². The highest BCUT2D eigenvalue weighted by molar-refractivity contribution is 7.92. The van der Waals surface area contributed by atoms with Gasteiger partial charge in [-0.05, 0) is 74.4 Å². The molecule has 2 amide bonds. The van der Waals surface area contributed by atoms with E-state index < -0.39 is 45.8 Å². The molecule has 46 heavy (non-hydrogen) atoms. The van der Waals surface area contributed by atoms with Crippen molar-refractivity contribution in [2.24, 2.45) is 0 Å². The Morgan fingerprint density at radius 1 is 0.891 bits per heavy atom. The van der Waals surface area contributed by atoms with E-state index in [0.717, 1.165) is 22.0 Å². The van der Waals surface area contributed by atoms with Crippen molar-refractivity contribution in [2.75, 3.05) is 18.0 Å². The molecule has 1 atom stereocenters. The van der Waals surface area contributed by atoms with E-state index in [1.807, 2.05) is 51.1 Å². The van der Waals surface area contributed by atoms with Gasteiger partial charge in [-0.3, -0.25) is 13.9 Å². The second-order valence-corrected chi connectivity index (χ2v) is 14.0. The molecule has 8 nitrogen and oxygen atoms in total. The molecule has 0 aliphatic carbocycles. The maximum atomic E-state index is 14.5. The highest BCUT2D eigenvalue weighted by atomic mass is 35.5. The zero-order chi connectivity index (χ0) is 33.5. The van der Waals surface area contributed by atoms with Gasteiger partial charge in [-0.15, -0.1) is 0 Å². The SMILES string of the molecule is COc1cccc(CN(C(=O)CN(c2ccc(F)c(Cl)c2)S(=O)(=O)c2ccccc2)[C@@H](Cc2ccccc2)C(=O)NC(C)(C)C)c1. The zero-order valence-corrected chi connectivity index (χ0v) is 27.7. The molecule has 0 spiro atoms. The molecule has 4 aromatic carbocycles. The van der Waals surface area contributed by atoms with Crippen molar-refractivity contribution >= 4 is 39.1 Å². The normalized spacial score (nSPS) is 12.2. The molecule has 0 heterocycles. The highest BCUT2D eigenvalue weighted by Gasteiger charge is 2.35. The van der Waals surface area contributed by atoms with E-state index in [4.69, 9.17) is 16.3 Å². The summed E-state index contributed by atoms with van der Waals surface area (Å²) in [6.07, 6.45) is 0.159. The van der Waals surface area contributed by atoms with Crippen molar-refractivity contribution in [1.82, 2.24) is 10.2 Å². The summed E-state index contributed by atoms with van der Waals surface area (Å²) in [6, 6.07) is 26.3. The molecule has 4 aromatic rings. The molecule has 0 aliphatic heterocycles. The Morgan fingerprint density at radius 2 is 1.52 bits per heavy atom. The minimum absolute atomic E-state index is 0.0105. The third kappa shape index (κ3) is 8.86. The number of ether oxygens (including phenoxy) is 1. The van der Waals surface area contributed by atoms with Gasteiger partial charge in [0.25, 0.3) is 10.0 Å². The van der Waals surface area contributed by atoms with Crippen LogP contribution in [0.4, 0.5) is 10.1 Å². The van der Waals surface area contributed by atoms with Crippen LogP contribution in [0.3, 0.4) is 0 Å². The number of carbonyl (C=O) groups is 2. The molecule has 0 bridgehead atoms. The average molecular weight is 666 g/mol. The minimum Gasteiger partial charge on any atom is -0.497 e. The molecule has 0 fully saturated rings. The summed E-state index contributed by atoms with van der Waals surface area (Å²) < 4.78 is 48.5. The van der Waals surface area contributed by atoms with Crippen LogP contribution in [-0.4, -0.2) is 50.4 Å². The van der Waals surface area contributed by atoms with Crippen molar-refractivity contribution < 1.29 is 27.1 Å². The first kappa shape index (κ1) is 34.5. The first-order valence-corrected chi connectivity index (χ1v) is 16.4. The summed E-state index contributed by atoms with van der Waals surface area (Å²) in [6.45, 7) is 4.78. The van der Waals surface area contributed by atoms with Crippen molar-refractivity contribution in [1.29, 1.82) is 0 Å². The lowest BCUT2D eigenvalue weighted by molar-refractivity contribution is -0.140. The van der Waals surface area contributed by atoms with Crippen LogP contribution >= 0.6 is 11.6 Å². The Bertz CT molecular complexity index is 1770. The van der Waals surface area contributed by atoms with Crippen LogP contribution in [0.5, 0.6) is 5.75 Å². The molecule has 11 heteroatoms. The van der Waals surface area contributed by atoms with Crippen LogP contribution in [0.2, 0.25) is 5.02 Å². The lowest BCUT2D eigenvalue weighted by Crippen LogP contribution is -2.56. The first-order valence-electron chi connectivity index (χ1n) is 14.6. The van der Waals surface area contributed by atoms with Crippen molar-refractivity contribution in [3.8, 4) is 5.75 Å². The molecule has 4 rings (SSSR count). The second kappa shape index (κ2) is 14.8. The minimum atomic E-state index is -4.35. The van der Waals surface area contributed by atoms with Crippen LogP contribution < -0.4 is 14.4 Å². The van der Waals surface area contributed by atoms with Crippen molar-refractivity contribution in [3.05, 3.63) is 125 Å². The number of rotatable bonds is 12. The fourth-order valence-electron chi connectivity index (χ4n) is 4.86. The van der Waals surface area contributed by atoms with Gasteiger partial charge in [0.05, 0.1) is 22.7 Å². The maximum absolute atomic E-state index is 14.5. The Balaban J connectivity index is 1.84. The van der Waals surface area contributed by atoms with Gasteiger partial charge in [0.1, 0.15) is 24.2 Å². The number of anilines is 1. The number of amides is 2. The monoisotopic (exact) mass is 665 g/mol. The topological polar surface area (TPSA) is 96.0 Å². The first-order chi connectivity index (χ1) is 21.8. The van der Waals surface area contributed by atoms with Gasteiger partial charge in [0.15, 0.2) is 0 Å². The van der Waals surface area contributed by atoms with E-state index in [0.29, 0.717) is 11.3 Å². The highest BCUT2D eigenvalue weighted by Crippen LogP contribution is 2.29. The van der Waals surface area contributed by atoms with Crippen LogP contribution in [0.15, 0.2) is 108 Å². The number of benzene rings is 4. The van der Waals surface area contributed by atoms with Crippen molar-refractivity contribution in [2.45, 2.75) is 50.2 Å². The third-order valence-electron chi connectivity index (χ3n) is 7.06. The lowest BCUT2D eigenvalue weighted by atomic mass is 10.0. The Labute approximate surface area is 274 Å². The van der Waals surface area contributed by atoms with Crippen LogP contribution in [-0.2, 0) is 32.6 Å². The summed E-state index contributed by atoms with van der Waals surface area (Å²) in [5.41, 5.74) is 0.837. The zero-order valence-electron chi connectivity index (χ0n) is 26.1. The number of hydrogen-bond acceptors (Lipinski definition) is 5. The maximum Gasteiger partial charge on any atom is 0.264 e. The quantitative estimate of drug-likeness (QED) is 0.193. The van der Waals surface area contributed by atoms with Gasteiger partial charge in [-0.2, -0.15) is 0 Å². The number of halogens is 2. The Morgan fingerprint density at radius 3 is 2.13 bits per heavy atom. The van der Waals surface area contributed by atoms with E-state index in [1.54, 1.807) is 42.5 Å². The largest absolute Gasteiger partial charge is 0.497 e. The Hall–Kier alpha value is -4.41. The molecule has 0 radical (unpaired) electrons. The number of nitrogens with one attached hydrogen (secondary N) is 1. The second-order valence-electron chi connectivity index (χ2n) is 11.7. The molecule has 0 saturated carbocycles. The van der Waals surface area contributed by atoms with E-state index in [1.165, 1.54) is 30.2 Å². The van der Waals surface area contributed by atoms with Gasteiger partial charge < -0.3 is 15.0 Å². The standard InChI is InChI=1S/C35H37ClFN3O5S/c1-35(2,3)38-34(42)32(21-25-12-7-5-8-13-25)39(23-26-14-11-15-28(20-26)45-4)33(41)24-40(27-18-19-31(37)30(36)22-27)46(43,44)29-16-9-6-10-17-29/h5-20,22,32H,21,23-24H2,1-4H3,(H,38,42)/t32-/m0/s1. The number of sulfonamides is 1. The predicted octanol–water partition coefficient (Wildman–Crippen LogP) is 6.24. The van der Waals surface area contributed by atoms with Crippen LogP contribution in [0.1, 0.15) is 31.9 Å². The van der Waals surface area contributed by atoms with E-state index in [2.05, 4.69) is 5.32 Å². The van der Waals surface area contributed by atoms with Gasteiger partial charge >= 0.3 is 0 Å².